The molecular weight excluding hydrogens is 460 g/mol. The molecule has 0 bridgehead atoms. The normalized spacial score (nSPS) is 11.4. The van der Waals surface area contributed by atoms with Gasteiger partial charge in [0.2, 0.25) is 0 Å². The third-order valence-corrected chi connectivity index (χ3v) is 6.91. The monoisotopic (exact) mass is 482 g/mol. The quantitative estimate of drug-likeness (QED) is 0.379. The van der Waals surface area contributed by atoms with Crippen LogP contribution in [0, 0.1) is 0 Å². The highest BCUT2D eigenvalue weighted by atomic mass is 32.2. The molecule has 10 heteroatoms. The van der Waals surface area contributed by atoms with Crippen LogP contribution >= 0.6 is 0 Å². The summed E-state index contributed by atoms with van der Waals surface area (Å²) in [7, 11) is -1.08. The molecule has 2 heterocycles. The van der Waals surface area contributed by atoms with Gasteiger partial charge in [0, 0.05) is 30.3 Å². The number of hydrogen-bond acceptors (Lipinski definition) is 7. The van der Waals surface area contributed by atoms with E-state index in [9.17, 15) is 13.2 Å². The summed E-state index contributed by atoms with van der Waals surface area (Å²) >= 11 is 0. The molecular formula is C24H22N2O7S. The van der Waals surface area contributed by atoms with Crippen molar-refractivity contribution in [1.82, 2.24) is 8.96 Å². The Morgan fingerprint density at radius 3 is 2.35 bits per heavy atom. The SMILES string of the molecule is COc1cc2c(CCC(=O)O)cn(S(=O)(=O)c3ccc(Oc4cccnc4)cc3)c2cc1OC. The van der Waals surface area contributed by atoms with E-state index in [1.165, 1.54) is 32.5 Å². The maximum atomic E-state index is 13.5. The van der Waals surface area contributed by atoms with Gasteiger partial charge in [0.1, 0.15) is 11.5 Å². The first-order chi connectivity index (χ1) is 16.3. The van der Waals surface area contributed by atoms with Crippen molar-refractivity contribution in [2.45, 2.75) is 17.7 Å². The lowest BCUT2D eigenvalue weighted by molar-refractivity contribution is -0.136. The Kier molecular flexibility index (Phi) is 6.42. The van der Waals surface area contributed by atoms with Crippen LogP contribution in [0.4, 0.5) is 0 Å². The van der Waals surface area contributed by atoms with Gasteiger partial charge < -0.3 is 19.3 Å². The number of pyridine rings is 1. The van der Waals surface area contributed by atoms with Gasteiger partial charge in [-0.25, -0.2) is 12.4 Å². The number of carboxylic acid groups (broad SMARTS) is 1. The lowest BCUT2D eigenvalue weighted by atomic mass is 10.1. The molecule has 0 radical (unpaired) electrons. The third-order valence-electron chi connectivity index (χ3n) is 5.22. The van der Waals surface area contributed by atoms with Crippen molar-refractivity contribution in [3.63, 3.8) is 0 Å². The molecule has 0 unspecified atom stereocenters. The molecule has 0 aliphatic heterocycles. The first-order valence-corrected chi connectivity index (χ1v) is 11.7. The smallest absolute Gasteiger partial charge is 0.303 e. The van der Waals surface area contributed by atoms with Gasteiger partial charge in [0.15, 0.2) is 11.5 Å². The fourth-order valence-corrected chi connectivity index (χ4v) is 4.95. The highest BCUT2D eigenvalue weighted by Gasteiger charge is 2.23. The van der Waals surface area contributed by atoms with E-state index >= 15 is 0 Å². The summed E-state index contributed by atoms with van der Waals surface area (Å²) in [6.45, 7) is 0. The number of methoxy groups -OCH3 is 2. The van der Waals surface area contributed by atoms with Crippen LogP contribution < -0.4 is 14.2 Å². The second-order valence-electron chi connectivity index (χ2n) is 7.34. The topological polar surface area (TPSA) is 117 Å². The predicted octanol–water partition coefficient (Wildman–Crippen LogP) is 4.10. The van der Waals surface area contributed by atoms with E-state index in [0.717, 1.165) is 3.97 Å². The maximum Gasteiger partial charge on any atom is 0.303 e. The van der Waals surface area contributed by atoms with Crippen molar-refractivity contribution >= 4 is 26.9 Å². The fourth-order valence-electron chi connectivity index (χ4n) is 3.56. The minimum atomic E-state index is -4.01. The molecule has 2 aromatic heterocycles. The number of fused-ring (bicyclic) bond motifs is 1. The van der Waals surface area contributed by atoms with E-state index in [2.05, 4.69) is 4.98 Å². The van der Waals surface area contributed by atoms with Gasteiger partial charge in [0.05, 0.1) is 30.8 Å². The van der Waals surface area contributed by atoms with Crippen molar-refractivity contribution in [3.8, 4) is 23.0 Å². The average Bonchev–Trinajstić information content (AvgIpc) is 3.21. The third kappa shape index (κ3) is 4.53. The molecule has 4 rings (SSSR count). The number of benzene rings is 2. The van der Waals surface area contributed by atoms with Gasteiger partial charge in [-0.05, 0) is 54.4 Å². The van der Waals surface area contributed by atoms with E-state index in [-0.39, 0.29) is 17.7 Å². The van der Waals surface area contributed by atoms with Crippen molar-refractivity contribution < 1.29 is 32.5 Å². The van der Waals surface area contributed by atoms with E-state index in [1.807, 2.05) is 0 Å². The summed E-state index contributed by atoms with van der Waals surface area (Å²) in [6.07, 6.45) is 4.63. The number of aromatic nitrogens is 2. The summed E-state index contributed by atoms with van der Waals surface area (Å²) in [5, 5.41) is 9.69. The molecule has 0 aliphatic rings. The molecule has 0 saturated heterocycles. The number of hydrogen-bond donors (Lipinski definition) is 1. The molecule has 0 atom stereocenters. The van der Waals surface area contributed by atoms with Crippen LogP contribution in [0.25, 0.3) is 10.9 Å². The van der Waals surface area contributed by atoms with E-state index in [1.54, 1.807) is 48.8 Å². The highest BCUT2D eigenvalue weighted by molar-refractivity contribution is 7.90. The Balaban J connectivity index is 1.77. The summed E-state index contributed by atoms with van der Waals surface area (Å²) in [6, 6.07) is 12.7. The Hall–Kier alpha value is -4.05. The number of aryl methyl sites for hydroxylation is 1. The van der Waals surface area contributed by atoms with Gasteiger partial charge in [-0.3, -0.25) is 9.78 Å². The van der Waals surface area contributed by atoms with E-state index in [0.29, 0.717) is 39.5 Å². The minimum Gasteiger partial charge on any atom is -0.493 e. The fraction of sp³-hybridized carbons (Fsp3) is 0.167. The zero-order chi connectivity index (χ0) is 24.3. The molecule has 0 saturated carbocycles. The van der Waals surface area contributed by atoms with Crippen molar-refractivity contribution in [2.24, 2.45) is 0 Å². The largest absolute Gasteiger partial charge is 0.493 e. The molecule has 2 aromatic carbocycles. The number of rotatable bonds is 9. The van der Waals surface area contributed by atoms with Gasteiger partial charge in [-0.2, -0.15) is 0 Å². The van der Waals surface area contributed by atoms with Crippen LogP contribution in [0.2, 0.25) is 0 Å². The number of ether oxygens (including phenoxy) is 3. The number of carbonyl (C=O) groups is 1. The first kappa shape index (κ1) is 23.1. The van der Waals surface area contributed by atoms with Crippen molar-refractivity contribution in [3.05, 3.63) is 72.7 Å². The van der Waals surface area contributed by atoms with Gasteiger partial charge >= 0.3 is 5.97 Å². The standard InChI is InChI=1S/C24H22N2O7S/c1-31-22-12-20-16(5-10-24(27)28)15-26(21(20)13-23(22)32-2)34(29,30)19-8-6-17(7-9-19)33-18-4-3-11-25-14-18/h3-4,6-9,11-15H,5,10H2,1-2H3,(H,27,28). The van der Waals surface area contributed by atoms with Crippen LogP contribution in [0.15, 0.2) is 72.0 Å². The molecule has 0 amide bonds. The summed E-state index contributed by atoms with van der Waals surface area (Å²) in [5.74, 6) is 0.776. The van der Waals surface area contributed by atoms with Crippen LogP contribution in [0.5, 0.6) is 23.0 Å². The molecule has 1 N–H and O–H groups in total. The predicted molar refractivity (Wildman–Crippen MR) is 124 cm³/mol. The second kappa shape index (κ2) is 9.44. The first-order valence-electron chi connectivity index (χ1n) is 10.2. The molecule has 176 valence electrons. The van der Waals surface area contributed by atoms with Crippen LogP contribution in [0.3, 0.4) is 0 Å². The Morgan fingerprint density at radius 2 is 1.74 bits per heavy atom. The molecule has 0 fully saturated rings. The van der Waals surface area contributed by atoms with Crippen molar-refractivity contribution in [2.75, 3.05) is 14.2 Å². The van der Waals surface area contributed by atoms with Gasteiger partial charge in [0.25, 0.3) is 10.0 Å². The summed E-state index contributed by atoms with van der Waals surface area (Å²) < 4.78 is 44.6. The molecule has 34 heavy (non-hydrogen) atoms. The van der Waals surface area contributed by atoms with Gasteiger partial charge in [-0.15, -0.1) is 0 Å². The number of nitrogens with zero attached hydrogens (tertiary/aromatic N) is 2. The number of carboxylic acids is 1. The zero-order valence-corrected chi connectivity index (χ0v) is 19.3. The average molecular weight is 483 g/mol. The van der Waals surface area contributed by atoms with E-state index < -0.39 is 16.0 Å². The molecule has 0 aliphatic carbocycles. The molecule has 4 aromatic rings. The van der Waals surface area contributed by atoms with Crippen molar-refractivity contribution in [1.29, 1.82) is 0 Å². The van der Waals surface area contributed by atoms with Crippen LogP contribution in [-0.4, -0.2) is 42.7 Å². The highest BCUT2D eigenvalue weighted by Crippen LogP contribution is 2.36. The lowest BCUT2D eigenvalue weighted by Crippen LogP contribution is -2.12. The van der Waals surface area contributed by atoms with E-state index in [4.69, 9.17) is 19.3 Å². The summed E-state index contributed by atoms with van der Waals surface area (Å²) in [4.78, 5) is 15.2. The zero-order valence-electron chi connectivity index (χ0n) is 18.5. The lowest BCUT2D eigenvalue weighted by Gasteiger charge is -2.11. The van der Waals surface area contributed by atoms with Gasteiger partial charge in [-0.1, -0.05) is 0 Å². The van der Waals surface area contributed by atoms with Crippen LogP contribution in [-0.2, 0) is 21.2 Å². The molecule has 0 spiro atoms. The molecule has 9 nitrogen and oxygen atoms in total. The Bertz CT molecular complexity index is 1430. The summed E-state index contributed by atoms with van der Waals surface area (Å²) in [5.41, 5.74) is 0.923. The second-order valence-corrected chi connectivity index (χ2v) is 9.15. The Morgan fingerprint density at radius 1 is 1.03 bits per heavy atom. The number of aliphatic carboxylic acids is 1. The minimum absolute atomic E-state index is 0.0440. The maximum absolute atomic E-state index is 13.5. The van der Waals surface area contributed by atoms with Crippen LogP contribution in [0.1, 0.15) is 12.0 Å². The Labute approximate surface area is 196 Å².